The highest BCUT2D eigenvalue weighted by Crippen LogP contribution is 2.34. The Hall–Kier alpha value is -2.43. The van der Waals surface area contributed by atoms with Gasteiger partial charge >= 0.3 is 0 Å². The van der Waals surface area contributed by atoms with E-state index < -0.39 is 0 Å². The second-order valence-corrected chi connectivity index (χ2v) is 5.05. The molecule has 5 nitrogen and oxygen atoms in total. The van der Waals surface area contributed by atoms with Crippen molar-refractivity contribution in [2.75, 3.05) is 11.4 Å². The molecular weight excluding hydrogens is 250 g/mol. The van der Waals surface area contributed by atoms with Crippen molar-refractivity contribution in [3.8, 4) is 0 Å². The number of imidazole rings is 1. The first-order valence-electron chi connectivity index (χ1n) is 6.89. The van der Waals surface area contributed by atoms with Gasteiger partial charge in [-0.25, -0.2) is 9.97 Å². The number of aromatic amines is 1. The first-order valence-corrected chi connectivity index (χ1v) is 6.89. The molecule has 0 radical (unpaired) electrons. The number of nitrogens with one attached hydrogen (secondary N) is 1. The molecule has 1 aliphatic heterocycles. The normalized spacial score (nSPS) is 18.8. The number of nitrogens with zero attached hydrogens (tertiary/aromatic N) is 4. The molecule has 100 valence electrons. The SMILES string of the molecule is c1ccc2[nH]c(C3CCCN3c3cnccn3)nc2c1. The fourth-order valence-corrected chi connectivity index (χ4v) is 2.90. The molecule has 1 aliphatic rings. The molecule has 4 rings (SSSR count). The van der Waals surface area contributed by atoms with Crippen LogP contribution in [-0.2, 0) is 0 Å². The van der Waals surface area contributed by atoms with Crippen LogP contribution in [0.1, 0.15) is 24.7 Å². The smallest absolute Gasteiger partial charge is 0.147 e. The Labute approximate surface area is 116 Å². The molecule has 1 N–H and O–H groups in total. The zero-order valence-electron chi connectivity index (χ0n) is 11.0. The summed E-state index contributed by atoms with van der Waals surface area (Å²) in [5.74, 6) is 1.95. The van der Waals surface area contributed by atoms with Crippen LogP contribution in [0.2, 0.25) is 0 Å². The van der Waals surface area contributed by atoms with Gasteiger partial charge in [-0.05, 0) is 25.0 Å². The van der Waals surface area contributed by atoms with Crippen molar-refractivity contribution in [2.45, 2.75) is 18.9 Å². The maximum absolute atomic E-state index is 4.73. The van der Waals surface area contributed by atoms with E-state index in [1.54, 1.807) is 12.4 Å². The summed E-state index contributed by atoms with van der Waals surface area (Å²) in [5, 5.41) is 0. The lowest BCUT2D eigenvalue weighted by Crippen LogP contribution is -2.24. The van der Waals surface area contributed by atoms with Crippen LogP contribution < -0.4 is 4.90 Å². The molecule has 5 heteroatoms. The largest absolute Gasteiger partial charge is 0.345 e. The van der Waals surface area contributed by atoms with Crippen molar-refractivity contribution in [1.82, 2.24) is 19.9 Å². The number of rotatable bonds is 2. The zero-order chi connectivity index (χ0) is 13.4. The van der Waals surface area contributed by atoms with Crippen LogP contribution in [0.25, 0.3) is 11.0 Å². The van der Waals surface area contributed by atoms with E-state index >= 15 is 0 Å². The summed E-state index contributed by atoms with van der Waals surface area (Å²) in [6.07, 6.45) is 7.51. The molecule has 0 saturated carbocycles. The summed E-state index contributed by atoms with van der Waals surface area (Å²) >= 11 is 0. The fourth-order valence-electron chi connectivity index (χ4n) is 2.90. The summed E-state index contributed by atoms with van der Waals surface area (Å²) in [6, 6.07) is 8.41. The third-order valence-corrected chi connectivity index (χ3v) is 3.82. The van der Waals surface area contributed by atoms with Crippen LogP contribution in [-0.4, -0.2) is 26.5 Å². The molecule has 0 aliphatic carbocycles. The van der Waals surface area contributed by atoms with E-state index in [4.69, 9.17) is 4.98 Å². The van der Waals surface area contributed by atoms with Crippen molar-refractivity contribution in [1.29, 1.82) is 0 Å². The monoisotopic (exact) mass is 265 g/mol. The predicted octanol–water partition coefficient (Wildman–Crippen LogP) is 2.69. The van der Waals surface area contributed by atoms with Crippen LogP contribution in [0.15, 0.2) is 42.9 Å². The maximum Gasteiger partial charge on any atom is 0.147 e. The molecule has 20 heavy (non-hydrogen) atoms. The van der Waals surface area contributed by atoms with Gasteiger partial charge in [0.25, 0.3) is 0 Å². The topological polar surface area (TPSA) is 57.7 Å². The van der Waals surface area contributed by atoms with Gasteiger partial charge in [0, 0.05) is 18.9 Å². The summed E-state index contributed by atoms with van der Waals surface area (Å²) in [5.41, 5.74) is 2.11. The van der Waals surface area contributed by atoms with Crippen LogP contribution in [0, 0.1) is 0 Å². The first kappa shape index (κ1) is 11.4. The highest BCUT2D eigenvalue weighted by Gasteiger charge is 2.29. The molecule has 0 bridgehead atoms. The number of anilines is 1. The Morgan fingerprint density at radius 3 is 3.00 bits per heavy atom. The van der Waals surface area contributed by atoms with E-state index in [-0.39, 0.29) is 6.04 Å². The number of aromatic nitrogens is 4. The van der Waals surface area contributed by atoms with Crippen LogP contribution >= 0.6 is 0 Å². The summed E-state index contributed by atoms with van der Waals surface area (Å²) in [6.45, 7) is 1.00. The van der Waals surface area contributed by atoms with Crippen LogP contribution in [0.5, 0.6) is 0 Å². The molecule has 1 unspecified atom stereocenters. The molecule has 0 spiro atoms. The predicted molar refractivity (Wildman–Crippen MR) is 77.4 cm³/mol. The number of hydrogen-bond donors (Lipinski definition) is 1. The van der Waals surface area contributed by atoms with Gasteiger partial charge in [-0.3, -0.25) is 4.98 Å². The second-order valence-electron chi connectivity index (χ2n) is 5.05. The molecule has 1 saturated heterocycles. The quantitative estimate of drug-likeness (QED) is 0.774. The van der Waals surface area contributed by atoms with E-state index in [0.29, 0.717) is 0 Å². The third-order valence-electron chi connectivity index (χ3n) is 3.82. The highest BCUT2D eigenvalue weighted by atomic mass is 15.3. The van der Waals surface area contributed by atoms with Gasteiger partial charge in [-0.15, -0.1) is 0 Å². The van der Waals surface area contributed by atoms with Crippen molar-refractivity contribution < 1.29 is 0 Å². The van der Waals surface area contributed by atoms with Gasteiger partial charge in [0.1, 0.15) is 11.6 Å². The average molecular weight is 265 g/mol. The molecule has 1 atom stereocenters. The Bertz CT molecular complexity index is 688. The van der Waals surface area contributed by atoms with Gasteiger partial charge in [0.2, 0.25) is 0 Å². The lowest BCUT2D eigenvalue weighted by molar-refractivity contribution is 0.671. The van der Waals surface area contributed by atoms with Crippen LogP contribution in [0.4, 0.5) is 5.82 Å². The third kappa shape index (κ3) is 1.82. The number of fused-ring (bicyclic) bond motifs is 1. The van der Waals surface area contributed by atoms with E-state index in [1.807, 2.05) is 24.4 Å². The van der Waals surface area contributed by atoms with Crippen molar-refractivity contribution >= 4 is 16.9 Å². The van der Waals surface area contributed by atoms with Gasteiger partial charge in [0.05, 0.1) is 23.3 Å². The van der Waals surface area contributed by atoms with Gasteiger partial charge in [-0.2, -0.15) is 0 Å². The molecule has 0 amide bonds. The van der Waals surface area contributed by atoms with Crippen molar-refractivity contribution in [2.24, 2.45) is 0 Å². The van der Waals surface area contributed by atoms with Gasteiger partial charge in [-0.1, -0.05) is 12.1 Å². The summed E-state index contributed by atoms with van der Waals surface area (Å²) in [4.78, 5) is 19.0. The minimum absolute atomic E-state index is 0.263. The minimum atomic E-state index is 0.263. The number of H-pyrrole nitrogens is 1. The summed E-state index contributed by atoms with van der Waals surface area (Å²) in [7, 11) is 0. The lowest BCUT2D eigenvalue weighted by atomic mass is 10.2. The van der Waals surface area contributed by atoms with Gasteiger partial charge < -0.3 is 9.88 Å². The molecule has 3 aromatic rings. The molecule has 1 aromatic carbocycles. The van der Waals surface area contributed by atoms with Crippen LogP contribution in [0.3, 0.4) is 0 Å². The Balaban J connectivity index is 1.73. The van der Waals surface area contributed by atoms with E-state index in [2.05, 4.69) is 25.9 Å². The molecule has 2 aromatic heterocycles. The minimum Gasteiger partial charge on any atom is -0.345 e. The molecule has 3 heterocycles. The maximum atomic E-state index is 4.73. The zero-order valence-corrected chi connectivity index (χ0v) is 11.0. The lowest BCUT2D eigenvalue weighted by Gasteiger charge is -2.23. The number of benzene rings is 1. The Morgan fingerprint density at radius 2 is 2.15 bits per heavy atom. The Morgan fingerprint density at radius 1 is 1.20 bits per heavy atom. The second kappa shape index (κ2) is 4.59. The standard InChI is InChI=1S/C15H15N5/c1-2-5-12-11(4-1)18-15(19-12)13-6-3-9-20(13)14-10-16-7-8-17-14/h1-2,4-5,7-8,10,13H,3,6,9H2,(H,18,19). The van der Waals surface area contributed by atoms with E-state index in [1.165, 1.54) is 0 Å². The van der Waals surface area contributed by atoms with E-state index in [9.17, 15) is 0 Å². The molecular formula is C15H15N5. The van der Waals surface area contributed by atoms with Gasteiger partial charge in [0.15, 0.2) is 0 Å². The number of hydrogen-bond acceptors (Lipinski definition) is 4. The summed E-state index contributed by atoms with van der Waals surface area (Å²) < 4.78 is 0. The van der Waals surface area contributed by atoms with Crippen molar-refractivity contribution in [3.05, 3.63) is 48.7 Å². The average Bonchev–Trinajstić information content (AvgIpc) is 3.14. The number of para-hydroxylation sites is 2. The first-order chi connectivity index (χ1) is 9.92. The van der Waals surface area contributed by atoms with Crippen molar-refractivity contribution in [3.63, 3.8) is 0 Å². The fraction of sp³-hybridized carbons (Fsp3) is 0.267. The Kier molecular flexibility index (Phi) is 2.62. The molecule has 1 fully saturated rings. The van der Waals surface area contributed by atoms with E-state index in [0.717, 1.165) is 42.1 Å². The highest BCUT2D eigenvalue weighted by molar-refractivity contribution is 5.75.